The molecule has 2 aliphatic rings. The van der Waals surface area contributed by atoms with Gasteiger partial charge in [0.1, 0.15) is 16.9 Å². The van der Waals surface area contributed by atoms with Crippen molar-refractivity contribution in [1.29, 1.82) is 0 Å². The Kier molecular flexibility index (Phi) is 6.01. The molecule has 1 aliphatic carbocycles. The molecule has 7 nitrogen and oxygen atoms in total. The van der Waals surface area contributed by atoms with Gasteiger partial charge in [-0.05, 0) is 68.7 Å². The predicted molar refractivity (Wildman–Crippen MR) is 151 cm³/mol. The standard InChI is InChI=1S/C29H28ClN5O2S/c1-15-16(2)38-28-25(15)26(18-5-8-21(30)9-6-18)32-23(27-34-33-17(3)35(27)28)12-24(36)31-22-10-7-19-13-29(4,37)14-20(19)11-22/h5-11,23,37H,12-14H2,1-4H3,(H,31,36)/t23-,29-/m0/s1. The lowest BCUT2D eigenvalue weighted by Gasteiger charge is -2.14. The van der Waals surface area contributed by atoms with Gasteiger partial charge in [0.15, 0.2) is 5.82 Å². The SMILES string of the molecule is Cc1sc2c(c1C)C(c1ccc(Cl)cc1)=N[C@@H](CC(=O)Nc1ccc3c(c1)C[C@@](C)(O)C3)c1nnc(C)n1-2. The zero-order valence-electron chi connectivity index (χ0n) is 21.7. The highest BCUT2D eigenvalue weighted by molar-refractivity contribution is 7.15. The van der Waals surface area contributed by atoms with Crippen LogP contribution in [-0.2, 0) is 17.6 Å². The zero-order chi connectivity index (χ0) is 26.8. The molecular formula is C29H28ClN5O2S. The van der Waals surface area contributed by atoms with Crippen LogP contribution in [-0.4, -0.2) is 37.1 Å². The van der Waals surface area contributed by atoms with Gasteiger partial charge in [-0.15, -0.1) is 21.5 Å². The van der Waals surface area contributed by atoms with Gasteiger partial charge in [0.2, 0.25) is 5.91 Å². The summed E-state index contributed by atoms with van der Waals surface area (Å²) >= 11 is 7.88. The topological polar surface area (TPSA) is 92.4 Å². The van der Waals surface area contributed by atoms with E-state index in [1.54, 1.807) is 11.3 Å². The molecule has 9 heteroatoms. The average molecular weight is 546 g/mol. The van der Waals surface area contributed by atoms with Crippen LogP contribution in [0.3, 0.4) is 0 Å². The van der Waals surface area contributed by atoms with Gasteiger partial charge in [0.25, 0.3) is 0 Å². The van der Waals surface area contributed by atoms with Crippen LogP contribution in [0, 0.1) is 20.8 Å². The van der Waals surface area contributed by atoms with Gasteiger partial charge in [-0.2, -0.15) is 0 Å². The molecule has 194 valence electrons. The Morgan fingerprint density at radius 2 is 1.87 bits per heavy atom. The van der Waals surface area contributed by atoms with E-state index in [0.717, 1.165) is 44.4 Å². The summed E-state index contributed by atoms with van der Waals surface area (Å²) in [6, 6.07) is 13.0. The van der Waals surface area contributed by atoms with Gasteiger partial charge in [-0.3, -0.25) is 14.4 Å². The second-order valence-electron chi connectivity index (χ2n) is 10.5. The molecule has 4 aromatic rings. The molecule has 6 rings (SSSR count). The molecular weight excluding hydrogens is 518 g/mol. The first-order valence-electron chi connectivity index (χ1n) is 12.6. The highest BCUT2D eigenvalue weighted by Gasteiger charge is 2.33. The van der Waals surface area contributed by atoms with Crippen LogP contribution in [0.1, 0.15) is 63.7 Å². The van der Waals surface area contributed by atoms with Crippen LogP contribution in [0.25, 0.3) is 5.00 Å². The average Bonchev–Trinajstić information content (AvgIpc) is 3.45. The number of fused-ring (bicyclic) bond motifs is 4. The molecule has 0 unspecified atom stereocenters. The van der Waals surface area contributed by atoms with Crippen LogP contribution in [0.5, 0.6) is 0 Å². The van der Waals surface area contributed by atoms with E-state index in [1.165, 1.54) is 4.88 Å². The van der Waals surface area contributed by atoms with E-state index < -0.39 is 11.6 Å². The number of amides is 1. The summed E-state index contributed by atoms with van der Waals surface area (Å²) in [6.07, 6.45) is 1.31. The first-order valence-corrected chi connectivity index (χ1v) is 13.8. The lowest BCUT2D eigenvalue weighted by Crippen LogP contribution is -2.23. The Balaban J connectivity index is 1.38. The number of aromatic nitrogens is 3. The number of benzene rings is 2. The third-order valence-electron chi connectivity index (χ3n) is 7.37. The molecule has 1 amide bonds. The van der Waals surface area contributed by atoms with Crippen LogP contribution in [0.4, 0.5) is 5.69 Å². The van der Waals surface area contributed by atoms with E-state index in [-0.39, 0.29) is 12.3 Å². The number of halogens is 1. The maximum atomic E-state index is 13.4. The van der Waals surface area contributed by atoms with Gasteiger partial charge < -0.3 is 10.4 Å². The van der Waals surface area contributed by atoms with Crippen molar-refractivity contribution < 1.29 is 9.90 Å². The van der Waals surface area contributed by atoms with E-state index in [1.807, 2.05) is 60.9 Å². The summed E-state index contributed by atoms with van der Waals surface area (Å²) in [5.74, 6) is 1.24. The summed E-state index contributed by atoms with van der Waals surface area (Å²) < 4.78 is 2.04. The molecule has 0 bridgehead atoms. The smallest absolute Gasteiger partial charge is 0.227 e. The number of nitrogens with zero attached hydrogens (tertiary/aromatic N) is 4. The molecule has 38 heavy (non-hydrogen) atoms. The largest absolute Gasteiger partial charge is 0.389 e. The van der Waals surface area contributed by atoms with Gasteiger partial charge in [-0.25, -0.2) is 0 Å². The molecule has 0 spiro atoms. The minimum atomic E-state index is -0.740. The molecule has 0 saturated carbocycles. The number of carbonyl (C=O) groups is 1. The van der Waals surface area contributed by atoms with Crippen LogP contribution < -0.4 is 5.32 Å². The van der Waals surface area contributed by atoms with Crippen molar-refractivity contribution in [1.82, 2.24) is 14.8 Å². The molecule has 0 radical (unpaired) electrons. The van der Waals surface area contributed by atoms with E-state index in [2.05, 4.69) is 29.4 Å². The fourth-order valence-corrected chi connectivity index (χ4v) is 6.78. The summed E-state index contributed by atoms with van der Waals surface area (Å²) in [7, 11) is 0. The van der Waals surface area contributed by atoms with Gasteiger partial charge >= 0.3 is 0 Å². The number of hydrogen-bond donors (Lipinski definition) is 2. The van der Waals surface area contributed by atoms with Crippen molar-refractivity contribution in [3.63, 3.8) is 0 Å². The fourth-order valence-electron chi connectivity index (χ4n) is 5.44. The zero-order valence-corrected chi connectivity index (χ0v) is 23.2. The van der Waals surface area contributed by atoms with E-state index in [0.29, 0.717) is 29.4 Å². The van der Waals surface area contributed by atoms with Crippen molar-refractivity contribution in [3.8, 4) is 5.00 Å². The fraction of sp³-hybridized carbons (Fsp3) is 0.310. The van der Waals surface area contributed by atoms with E-state index in [9.17, 15) is 9.90 Å². The molecule has 0 saturated heterocycles. The molecule has 2 aromatic heterocycles. The number of nitrogens with one attached hydrogen (secondary N) is 1. The highest BCUT2D eigenvalue weighted by atomic mass is 35.5. The minimum Gasteiger partial charge on any atom is -0.389 e. The van der Waals surface area contributed by atoms with Crippen molar-refractivity contribution in [3.05, 3.63) is 91.8 Å². The third-order valence-corrected chi connectivity index (χ3v) is 8.81. The minimum absolute atomic E-state index is 0.108. The monoisotopic (exact) mass is 545 g/mol. The van der Waals surface area contributed by atoms with Crippen LogP contribution in [0.15, 0.2) is 47.5 Å². The first kappa shape index (κ1) is 25.0. The quantitative estimate of drug-likeness (QED) is 0.345. The summed E-state index contributed by atoms with van der Waals surface area (Å²) in [5, 5.41) is 24.0. The van der Waals surface area contributed by atoms with Gasteiger partial charge in [0.05, 0.1) is 17.7 Å². The normalized spacial score (nSPS) is 19.8. The Morgan fingerprint density at radius 1 is 1.13 bits per heavy atom. The lowest BCUT2D eigenvalue weighted by molar-refractivity contribution is -0.116. The van der Waals surface area contributed by atoms with Gasteiger partial charge in [-0.1, -0.05) is 29.8 Å². The number of aliphatic hydroxyl groups is 1. The number of thiophene rings is 1. The molecule has 3 heterocycles. The first-order chi connectivity index (χ1) is 18.1. The predicted octanol–water partition coefficient (Wildman–Crippen LogP) is 5.68. The lowest BCUT2D eigenvalue weighted by atomic mass is 9.99. The van der Waals surface area contributed by atoms with Crippen LogP contribution in [0.2, 0.25) is 5.02 Å². The second-order valence-corrected chi connectivity index (χ2v) is 12.1. The van der Waals surface area contributed by atoms with Crippen LogP contribution >= 0.6 is 22.9 Å². The maximum Gasteiger partial charge on any atom is 0.227 e. The molecule has 0 fully saturated rings. The highest BCUT2D eigenvalue weighted by Crippen LogP contribution is 2.40. The third kappa shape index (κ3) is 4.36. The van der Waals surface area contributed by atoms with Gasteiger partial charge in [0, 0.05) is 39.6 Å². The Morgan fingerprint density at radius 3 is 2.63 bits per heavy atom. The summed E-state index contributed by atoms with van der Waals surface area (Å²) in [4.78, 5) is 19.7. The number of hydrogen-bond acceptors (Lipinski definition) is 6. The maximum absolute atomic E-state index is 13.4. The van der Waals surface area contributed by atoms with Crippen molar-refractivity contribution >= 4 is 40.2 Å². The van der Waals surface area contributed by atoms with Crippen molar-refractivity contribution in [2.45, 2.75) is 58.6 Å². The number of aryl methyl sites for hydroxylation is 2. The Bertz CT molecular complexity index is 1620. The van der Waals surface area contributed by atoms with E-state index >= 15 is 0 Å². The summed E-state index contributed by atoms with van der Waals surface area (Å²) in [6.45, 7) is 7.98. The molecule has 2 aromatic carbocycles. The van der Waals surface area contributed by atoms with Crippen molar-refractivity contribution in [2.75, 3.05) is 5.32 Å². The van der Waals surface area contributed by atoms with E-state index in [4.69, 9.17) is 16.6 Å². The Hall–Kier alpha value is -3.33. The number of carbonyl (C=O) groups excluding carboxylic acids is 1. The number of aliphatic imine (C=N–C) groups is 1. The van der Waals surface area contributed by atoms with Crippen molar-refractivity contribution in [2.24, 2.45) is 4.99 Å². The number of anilines is 1. The summed E-state index contributed by atoms with van der Waals surface area (Å²) in [5.41, 5.74) is 6.10. The molecule has 1 aliphatic heterocycles. The molecule has 2 atom stereocenters. The number of rotatable bonds is 4. The Labute approximate surface area is 230 Å². The second kappa shape index (κ2) is 9.15. The molecule has 2 N–H and O–H groups in total.